The molecule has 6 nitrogen and oxygen atoms in total. The smallest absolute Gasteiger partial charge is 0.242 e. The summed E-state index contributed by atoms with van der Waals surface area (Å²) in [7, 11) is 0.333. The van der Waals surface area contributed by atoms with Crippen LogP contribution in [0.3, 0.4) is 0 Å². The molecule has 0 amide bonds. The fourth-order valence-corrected chi connectivity index (χ4v) is 2.89. The van der Waals surface area contributed by atoms with Crippen molar-refractivity contribution in [3.8, 4) is 6.07 Å². The average Bonchev–Trinajstić information content (AvgIpc) is 2.37. The summed E-state index contributed by atoms with van der Waals surface area (Å²) in [5, 5.41) is 8.73. The van der Waals surface area contributed by atoms with Crippen molar-refractivity contribution in [3.63, 3.8) is 0 Å². The standard InChI is InChI=1S/C13H20N4O2S/c1-17(2)8-4-3-7-16-20(18,19)13-6-5-11(10-14)9-12(13)15/h5-6,9,16H,3-4,7-8,15H2,1-2H3. The van der Waals surface area contributed by atoms with Gasteiger partial charge < -0.3 is 10.6 Å². The van der Waals surface area contributed by atoms with E-state index in [1.54, 1.807) is 0 Å². The summed E-state index contributed by atoms with van der Waals surface area (Å²) >= 11 is 0. The summed E-state index contributed by atoms with van der Waals surface area (Å²) in [6.45, 7) is 1.29. The number of nitrogen functional groups attached to an aromatic ring is 1. The topological polar surface area (TPSA) is 99.2 Å². The van der Waals surface area contributed by atoms with Crippen LogP contribution in [0.4, 0.5) is 5.69 Å². The highest BCUT2D eigenvalue weighted by molar-refractivity contribution is 7.89. The number of anilines is 1. The van der Waals surface area contributed by atoms with Gasteiger partial charge in [0.1, 0.15) is 4.90 Å². The molecule has 1 aromatic carbocycles. The largest absolute Gasteiger partial charge is 0.398 e. The monoisotopic (exact) mass is 296 g/mol. The van der Waals surface area contributed by atoms with Gasteiger partial charge in [0.05, 0.1) is 17.3 Å². The second-order valence-electron chi connectivity index (χ2n) is 4.77. The second kappa shape index (κ2) is 7.24. The molecule has 0 unspecified atom stereocenters. The normalized spacial score (nSPS) is 11.5. The van der Waals surface area contributed by atoms with Crippen molar-refractivity contribution in [2.45, 2.75) is 17.7 Å². The van der Waals surface area contributed by atoms with Crippen molar-refractivity contribution in [1.82, 2.24) is 9.62 Å². The van der Waals surface area contributed by atoms with E-state index in [2.05, 4.69) is 4.72 Å². The lowest BCUT2D eigenvalue weighted by Crippen LogP contribution is -2.26. The number of unbranched alkanes of at least 4 members (excludes halogenated alkanes) is 1. The summed E-state index contributed by atoms with van der Waals surface area (Å²) in [6, 6.07) is 6.08. The predicted molar refractivity (Wildman–Crippen MR) is 78.5 cm³/mol. The van der Waals surface area contributed by atoms with E-state index in [1.165, 1.54) is 18.2 Å². The van der Waals surface area contributed by atoms with Crippen LogP contribution in [0.15, 0.2) is 23.1 Å². The molecule has 1 aromatic rings. The van der Waals surface area contributed by atoms with Crippen LogP contribution in [-0.2, 0) is 10.0 Å². The lowest BCUT2D eigenvalue weighted by molar-refractivity contribution is 0.394. The average molecular weight is 296 g/mol. The minimum atomic E-state index is -3.61. The Kier molecular flexibility index (Phi) is 5.95. The van der Waals surface area contributed by atoms with E-state index < -0.39 is 10.0 Å². The van der Waals surface area contributed by atoms with Crippen molar-refractivity contribution in [2.24, 2.45) is 0 Å². The molecule has 0 aliphatic carbocycles. The molecule has 0 aliphatic rings. The summed E-state index contributed by atoms with van der Waals surface area (Å²) in [5.41, 5.74) is 6.10. The quantitative estimate of drug-likeness (QED) is 0.571. The summed E-state index contributed by atoms with van der Waals surface area (Å²) in [4.78, 5) is 2.07. The minimum absolute atomic E-state index is 0.0177. The lowest BCUT2D eigenvalue weighted by Gasteiger charge is -2.11. The van der Waals surface area contributed by atoms with Crippen molar-refractivity contribution in [3.05, 3.63) is 23.8 Å². The van der Waals surface area contributed by atoms with Crippen LogP contribution >= 0.6 is 0 Å². The third-order valence-corrected chi connectivity index (χ3v) is 4.29. The van der Waals surface area contributed by atoms with E-state index >= 15 is 0 Å². The molecule has 0 heterocycles. The van der Waals surface area contributed by atoms with Crippen molar-refractivity contribution in [1.29, 1.82) is 5.26 Å². The fourth-order valence-electron chi connectivity index (χ4n) is 1.70. The van der Waals surface area contributed by atoms with Crippen LogP contribution in [0, 0.1) is 11.3 Å². The van der Waals surface area contributed by atoms with Crippen molar-refractivity contribution < 1.29 is 8.42 Å². The first-order chi connectivity index (χ1) is 9.36. The molecular formula is C13H20N4O2S. The number of nitriles is 1. The Hall–Kier alpha value is -1.62. The van der Waals surface area contributed by atoms with E-state index in [9.17, 15) is 8.42 Å². The van der Waals surface area contributed by atoms with Crippen LogP contribution in [0.1, 0.15) is 18.4 Å². The van der Waals surface area contributed by atoms with Gasteiger partial charge in [-0.15, -0.1) is 0 Å². The van der Waals surface area contributed by atoms with E-state index in [0.29, 0.717) is 12.1 Å². The molecule has 7 heteroatoms. The number of hydrogen-bond acceptors (Lipinski definition) is 5. The SMILES string of the molecule is CN(C)CCCCNS(=O)(=O)c1ccc(C#N)cc1N. The number of nitrogens with zero attached hydrogens (tertiary/aromatic N) is 2. The molecule has 0 saturated carbocycles. The highest BCUT2D eigenvalue weighted by Crippen LogP contribution is 2.19. The maximum Gasteiger partial charge on any atom is 0.242 e. The van der Waals surface area contributed by atoms with E-state index in [4.69, 9.17) is 11.0 Å². The molecule has 20 heavy (non-hydrogen) atoms. The van der Waals surface area contributed by atoms with Crippen LogP contribution in [0.5, 0.6) is 0 Å². The van der Waals surface area contributed by atoms with E-state index in [-0.39, 0.29) is 10.6 Å². The van der Waals surface area contributed by atoms with Gasteiger partial charge in [0.15, 0.2) is 0 Å². The third kappa shape index (κ3) is 4.81. The predicted octanol–water partition coefficient (Wildman–Crippen LogP) is 0.761. The van der Waals surface area contributed by atoms with Crippen molar-refractivity contribution >= 4 is 15.7 Å². The zero-order chi connectivity index (χ0) is 15.2. The molecule has 0 saturated heterocycles. The maximum absolute atomic E-state index is 12.1. The highest BCUT2D eigenvalue weighted by atomic mass is 32.2. The van der Waals surface area contributed by atoms with E-state index in [1.807, 2.05) is 25.1 Å². The second-order valence-corrected chi connectivity index (χ2v) is 6.51. The molecule has 0 aromatic heterocycles. The first-order valence-electron chi connectivity index (χ1n) is 6.31. The first-order valence-corrected chi connectivity index (χ1v) is 7.79. The number of nitrogens with two attached hydrogens (primary N) is 1. The van der Waals surface area contributed by atoms with Gasteiger partial charge in [-0.1, -0.05) is 0 Å². The first kappa shape index (κ1) is 16.4. The fraction of sp³-hybridized carbons (Fsp3) is 0.462. The summed E-state index contributed by atoms with van der Waals surface area (Å²) in [5.74, 6) is 0. The number of rotatable bonds is 7. The zero-order valence-electron chi connectivity index (χ0n) is 11.8. The Morgan fingerprint density at radius 1 is 1.35 bits per heavy atom. The Labute approximate surface area is 120 Å². The minimum Gasteiger partial charge on any atom is -0.398 e. The van der Waals surface area contributed by atoms with Gasteiger partial charge in [-0.3, -0.25) is 0 Å². The highest BCUT2D eigenvalue weighted by Gasteiger charge is 2.16. The van der Waals surface area contributed by atoms with Gasteiger partial charge >= 0.3 is 0 Å². The maximum atomic E-state index is 12.1. The molecule has 110 valence electrons. The Balaban J connectivity index is 2.63. The lowest BCUT2D eigenvalue weighted by atomic mass is 10.2. The molecule has 0 bridgehead atoms. The Morgan fingerprint density at radius 2 is 2.05 bits per heavy atom. The number of hydrogen-bond donors (Lipinski definition) is 2. The molecular weight excluding hydrogens is 276 g/mol. The molecule has 0 atom stereocenters. The van der Waals surface area contributed by atoms with Crippen LogP contribution in [0.25, 0.3) is 0 Å². The molecule has 0 fully saturated rings. The summed E-state index contributed by atoms with van der Waals surface area (Å²) in [6.07, 6.45) is 1.67. The molecule has 0 spiro atoms. The van der Waals surface area contributed by atoms with Crippen LogP contribution in [0.2, 0.25) is 0 Å². The van der Waals surface area contributed by atoms with Gasteiger partial charge in [0.2, 0.25) is 10.0 Å². The van der Waals surface area contributed by atoms with Crippen LogP contribution < -0.4 is 10.5 Å². The van der Waals surface area contributed by atoms with Crippen LogP contribution in [-0.4, -0.2) is 40.5 Å². The molecule has 0 radical (unpaired) electrons. The van der Waals surface area contributed by atoms with Gasteiger partial charge in [-0.25, -0.2) is 13.1 Å². The van der Waals surface area contributed by atoms with Gasteiger partial charge in [-0.2, -0.15) is 5.26 Å². The molecule has 0 aliphatic heterocycles. The third-order valence-electron chi connectivity index (χ3n) is 2.75. The van der Waals surface area contributed by atoms with Gasteiger partial charge in [0.25, 0.3) is 0 Å². The number of benzene rings is 1. The van der Waals surface area contributed by atoms with Gasteiger partial charge in [-0.05, 0) is 51.7 Å². The zero-order valence-corrected chi connectivity index (χ0v) is 12.6. The Bertz CT molecular complexity index is 591. The molecule has 1 rings (SSSR count). The summed E-state index contributed by atoms with van der Waals surface area (Å²) < 4.78 is 26.6. The molecule has 3 N–H and O–H groups in total. The van der Waals surface area contributed by atoms with E-state index in [0.717, 1.165) is 19.4 Å². The van der Waals surface area contributed by atoms with Gasteiger partial charge in [0, 0.05) is 6.54 Å². The number of sulfonamides is 1. The number of nitrogens with one attached hydrogen (secondary N) is 1. The Morgan fingerprint density at radius 3 is 2.60 bits per heavy atom. The van der Waals surface area contributed by atoms with Crippen molar-refractivity contribution in [2.75, 3.05) is 32.9 Å².